The number of carbonyl (C=O) groups is 3. The molecule has 1 saturated heterocycles. The highest BCUT2D eigenvalue weighted by molar-refractivity contribution is 7.13. The van der Waals surface area contributed by atoms with Crippen molar-refractivity contribution in [3.05, 3.63) is 58.5 Å². The Labute approximate surface area is 238 Å². The zero-order valence-electron chi connectivity index (χ0n) is 21.4. The molecule has 12 heteroatoms. The number of aliphatic carboxylic acids is 1. The molecule has 0 unspecified atom stereocenters. The molecule has 8 nitrogen and oxygen atoms in total. The number of rotatable bonds is 8. The van der Waals surface area contributed by atoms with Crippen LogP contribution in [-0.4, -0.2) is 63.6 Å². The maximum Gasteiger partial charge on any atom is 0.306 e. The minimum absolute atomic E-state index is 0.0288. The Morgan fingerprint density at radius 3 is 2.67 bits per heavy atom. The molecule has 2 amide bonds. The van der Waals surface area contributed by atoms with E-state index in [9.17, 15) is 18.8 Å². The van der Waals surface area contributed by atoms with E-state index in [2.05, 4.69) is 9.69 Å². The summed E-state index contributed by atoms with van der Waals surface area (Å²) < 4.78 is 40.3. The first-order valence-electron chi connectivity index (χ1n) is 13.1. The fourth-order valence-electron chi connectivity index (χ4n) is 5.36. The van der Waals surface area contributed by atoms with Gasteiger partial charge in [-0.25, -0.2) is 8.78 Å². The summed E-state index contributed by atoms with van der Waals surface area (Å²) in [5.41, 5.74) is 0.279. The Balaban J connectivity index is 1.20. The molecule has 0 radical (unpaired) electrons. The van der Waals surface area contributed by atoms with E-state index in [1.807, 2.05) is 12.1 Å². The third-order valence-electron chi connectivity index (χ3n) is 7.55. The van der Waals surface area contributed by atoms with Crippen molar-refractivity contribution in [2.75, 3.05) is 18.5 Å². The van der Waals surface area contributed by atoms with E-state index < -0.39 is 35.8 Å². The Morgan fingerprint density at radius 1 is 1.18 bits per heavy atom. The van der Waals surface area contributed by atoms with Gasteiger partial charge >= 0.3 is 5.97 Å². The second-order valence-electron chi connectivity index (χ2n) is 10.3. The number of benzene rings is 2. The predicted octanol–water partition coefficient (Wildman–Crippen LogP) is 5.48. The number of halogens is 3. The van der Waals surface area contributed by atoms with Gasteiger partial charge in [-0.05, 0) is 61.0 Å². The Hall–Kier alpha value is -3.15. The Bertz CT molecular complexity index is 1430. The lowest BCUT2D eigenvalue weighted by atomic mass is 9.87. The lowest BCUT2D eigenvalue weighted by Gasteiger charge is -2.30. The lowest BCUT2D eigenvalue weighted by molar-refractivity contribution is -0.144. The summed E-state index contributed by atoms with van der Waals surface area (Å²) in [6.45, 7) is 0.0256. The maximum atomic E-state index is 15.0. The number of amides is 2. The summed E-state index contributed by atoms with van der Waals surface area (Å²) >= 11 is 7.52. The monoisotopic (exact) mass is 591 g/mol. The first-order valence-corrected chi connectivity index (χ1v) is 14.3. The molecule has 2 heterocycles. The van der Waals surface area contributed by atoms with Crippen LogP contribution < -0.4 is 5.32 Å². The summed E-state index contributed by atoms with van der Waals surface area (Å²) in [7, 11) is 0. The number of carboxylic acid groups (broad SMARTS) is 1. The van der Waals surface area contributed by atoms with Gasteiger partial charge in [0, 0.05) is 11.8 Å². The topological polar surface area (TPSA) is 109 Å². The summed E-state index contributed by atoms with van der Waals surface area (Å²) in [4.78, 5) is 38.4. The molecule has 40 heavy (non-hydrogen) atoms. The highest BCUT2D eigenvalue weighted by Crippen LogP contribution is 2.31. The number of anilines is 1. The average Bonchev–Trinajstić information content (AvgIpc) is 3.54. The van der Waals surface area contributed by atoms with E-state index in [1.165, 1.54) is 22.5 Å². The molecule has 1 aromatic heterocycles. The number of nitrogens with zero attached hydrogens (tertiary/aromatic N) is 2. The Morgan fingerprint density at radius 2 is 1.93 bits per heavy atom. The standard InChI is InChI=1S/C28H28ClF2N3O5S/c29-21-9-16(22(31)12-23(21)32-27(36)26-20-3-1-2-4-24(20)40-33-26)10-25(35)34-13-17(30)11-18(34)14-39-19-7-5-15(6-8-19)28(37)38/h1-4,9,12,15,17-19H,5-8,10-11,13-14H2,(H,32,36)(H,37,38)/t15?,17-,18-,19?/m0/s1. The summed E-state index contributed by atoms with van der Waals surface area (Å²) in [5.74, 6) is -2.89. The molecule has 2 atom stereocenters. The number of nitrogens with one attached hydrogen (secondary N) is 1. The zero-order valence-corrected chi connectivity index (χ0v) is 23.0. The molecule has 1 aliphatic heterocycles. The zero-order chi connectivity index (χ0) is 28.4. The largest absolute Gasteiger partial charge is 0.481 e. The Kier molecular flexibility index (Phi) is 8.62. The number of aromatic nitrogens is 1. The fourth-order valence-corrected chi connectivity index (χ4v) is 6.37. The van der Waals surface area contributed by atoms with Crippen LogP contribution in [0.25, 0.3) is 10.1 Å². The van der Waals surface area contributed by atoms with Gasteiger partial charge in [0.1, 0.15) is 17.7 Å². The molecule has 1 saturated carbocycles. The quantitative estimate of drug-likeness (QED) is 0.359. The van der Waals surface area contributed by atoms with Gasteiger partial charge in [0.2, 0.25) is 5.91 Å². The maximum absolute atomic E-state index is 15.0. The molecule has 2 N–H and O–H groups in total. The van der Waals surface area contributed by atoms with Crippen molar-refractivity contribution in [1.82, 2.24) is 9.27 Å². The molecule has 0 spiro atoms. The number of carbonyl (C=O) groups excluding carboxylic acids is 2. The van der Waals surface area contributed by atoms with E-state index in [-0.39, 0.29) is 60.0 Å². The van der Waals surface area contributed by atoms with E-state index in [0.717, 1.165) is 10.8 Å². The van der Waals surface area contributed by atoms with Crippen molar-refractivity contribution in [3.63, 3.8) is 0 Å². The molecule has 5 rings (SSSR count). The van der Waals surface area contributed by atoms with Crippen LogP contribution in [0.1, 0.15) is 48.2 Å². The molecular formula is C28H28ClF2N3O5S. The lowest BCUT2D eigenvalue weighted by Crippen LogP contribution is -2.40. The van der Waals surface area contributed by atoms with Gasteiger partial charge in [0.15, 0.2) is 0 Å². The first kappa shape index (κ1) is 28.4. The van der Waals surface area contributed by atoms with Gasteiger partial charge in [-0.2, -0.15) is 4.37 Å². The summed E-state index contributed by atoms with van der Waals surface area (Å²) in [5, 5.41) is 12.5. The van der Waals surface area contributed by atoms with Gasteiger partial charge < -0.3 is 20.1 Å². The highest BCUT2D eigenvalue weighted by atomic mass is 35.5. The smallest absolute Gasteiger partial charge is 0.306 e. The number of alkyl halides is 1. The second kappa shape index (κ2) is 12.2. The summed E-state index contributed by atoms with van der Waals surface area (Å²) in [6, 6.07) is 9.11. The van der Waals surface area contributed by atoms with Gasteiger partial charge in [-0.15, -0.1) is 0 Å². The fraction of sp³-hybridized carbons (Fsp3) is 0.429. The normalized spacial score (nSPS) is 22.9. The number of ether oxygens (including phenoxy) is 1. The van der Waals surface area contributed by atoms with Crippen molar-refractivity contribution < 1.29 is 33.0 Å². The third kappa shape index (κ3) is 6.26. The number of carboxylic acids is 1. The molecule has 3 aromatic rings. The predicted molar refractivity (Wildman–Crippen MR) is 147 cm³/mol. The highest BCUT2D eigenvalue weighted by Gasteiger charge is 2.36. The summed E-state index contributed by atoms with van der Waals surface area (Å²) in [6.07, 6.45) is 0.690. The molecular weight excluding hydrogens is 564 g/mol. The average molecular weight is 592 g/mol. The SMILES string of the molecule is O=C(Nc1cc(F)c(CC(=O)N2C[C@@H](F)C[C@H]2COC2CCC(C(=O)O)CC2)cc1Cl)c1nsc2ccccc12. The molecule has 0 bridgehead atoms. The number of hydrogen-bond acceptors (Lipinski definition) is 6. The van der Waals surface area contributed by atoms with Crippen LogP contribution in [0.4, 0.5) is 14.5 Å². The molecule has 1 aliphatic carbocycles. The van der Waals surface area contributed by atoms with E-state index in [1.54, 1.807) is 12.1 Å². The molecule has 2 aromatic carbocycles. The number of hydrogen-bond donors (Lipinski definition) is 2. The van der Waals surface area contributed by atoms with Crippen molar-refractivity contribution in [1.29, 1.82) is 0 Å². The third-order valence-corrected chi connectivity index (χ3v) is 8.69. The van der Waals surface area contributed by atoms with Crippen LogP contribution in [0.3, 0.4) is 0 Å². The molecule has 2 aliphatic rings. The number of likely N-dealkylation sites (tertiary alicyclic amines) is 1. The van der Waals surface area contributed by atoms with E-state index in [4.69, 9.17) is 21.4 Å². The van der Waals surface area contributed by atoms with Crippen LogP contribution in [0.2, 0.25) is 5.02 Å². The van der Waals surface area contributed by atoms with Crippen molar-refractivity contribution in [2.24, 2.45) is 5.92 Å². The molecule has 212 valence electrons. The molecule has 2 fully saturated rings. The van der Waals surface area contributed by atoms with Crippen LogP contribution in [0.5, 0.6) is 0 Å². The van der Waals surface area contributed by atoms with Crippen molar-refractivity contribution >= 4 is 56.7 Å². The van der Waals surface area contributed by atoms with Crippen molar-refractivity contribution in [2.45, 2.75) is 56.8 Å². The van der Waals surface area contributed by atoms with Crippen molar-refractivity contribution in [3.8, 4) is 0 Å². The number of fused-ring (bicyclic) bond motifs is 1. The first-order chi connectivity index (χ1) is 19.2. The van der Waals surface area contributed by atoms with E-state index >= 15 is 4.39 Å². The minimum Gasteiger partial charge on any atom is -0.481 e. The van der Waals surface area contributed by atoms with Crippen LogP contribution >= 0.6 is 23.1 Å². The van der Waals surface area contributed by atoms with E-state index in [0.29, 0.717) is 31.1 Å². The van der Waals surface area contributed by atoms with Crippen LogP contribution in [0, 0.1) is 11.7 Å². The second-order valence-corrected chi connectivity index (χ2v) is 11.5. The van der Waals surface area contributed by atoms with Crippen LogP contribution in [-0.2, 0) is 20.7 Å². The van der Waals surface area contributed by atoms with Crippen LogP contribution in [0.15, 0.2) is 36.4 Å². The van der Waals surface area contributed by atoms with Gasteiger partial charge in [0.05, 0.1) is 53.0 Å². The minimum atomic E-state index is -1.21. The van der Waals surface area contributed by atoms with Gasteiger partial charge in [0.25, 0.3) is 5.91 Å². The van der Waals surface area contributed by atoms with Gasteiger partial charge in [-0.3, -0.25) is 14.4 Å². The van der Waals surface area contributed by atoms with Gasteiger partial charge in [-0.1, -0.05) is 29.8 Å².